The summed E-state index contributed by atoms with van der Waals surface area (Å²) >= 11 is 0. The summed E-state index contributed by atoms with van der Waals surface area (Å²) < 4.78 is 3.73. The number of nitrogens with zero attached hydrogens (tertiary/aromatic N) is 3. The van der Waals surface area contributed by atoms with Crippen molar-refractivity contribution in [1.82, 2.24) is 14.3 Å². The molecule has 1 amide bonds. The first-order chi connectivity index (χ1) is 13.9. The Kier molecular flexibility index (Phi) is 4.80. The first kappa shape index (κ1) is 18.7. The lowest BCUT2D eigenvalue weighted by Gasteiger charge is -2.11. The Hall–Kier alpha value is -3.60. The highest BCUT2D eigenvalue weighted by Gasteiger charge is 2.20. The molecule has 0 unspecified atom stereocenters. The molecule has 0 radical (unpaired) electrons. The van der Waals surface area contributed by atoms with Crippen LogP contribution in [0, 0.1) is 20.8 Å². The van der Waals surface area contributed by atoms with E-state index in [1.54, 1.807) is 4.68 Å². The first-order valence-electron chi connectivity index (χ1n) is 9.60. The summed E-state index contributed by atoms with van der Waals surface area (Å²) in [6.07, 6.45) is 1.97. The number of aryl methyl sites for hydroxylation is 4. The summed E-state index contributed by atoms with van der Waals surface area (Å²) in [5, 5.41) is 7.78. The van der Waals surface area contributed by atoms with E-state index in [1.807, 2.05) is 86.3 Å². The molecule has 0 aliphatic heterocycles. The summed E-state index contributed by atoms with van der Waals surface area (Å²) in [7, 11) is 1.97. The molecule has 0 atom stereocenters. The van der Waals surface area contributed by atoms with Gasteiger partial charge in [-0.1, -0.05) is 35.4 Å². The molecule has 2 heterocycles. The van der Waals surface area contributed by atoms with E-state index in [4.69, 9.17) is 5.10 Å². The van der Waals surface area contributed by atoms with Crippen molar-refractivity contribution >= 4 is 11.6 Å². The highest BCUT2D eigenvalue weighted by atomic mass is 16.2. The van der Waals surface area contributed by atoms with E-state index in [9.17, 15) is 4.79 Å². The third-order valence-corrected chi connectivity index (χ3v) is 5.04. The summed E-state index contributed by atoms with van der Waals surface area (Å²) in [6.45, 7) is 6.11. The minimum Gasteiger partial charge on any atom is -0.349 e. The molecule has 2 aromatic heterocycles. The van der Waals surface area contributed by atoms with Gasteiger partial charge in [0.1, 0.15) is 11.4 Å². The second-order valence-electron chi connectivity index (χ2n) is 7.44. The molecule has 0 fully saturated rings. The Morgan fingerprint density at radius 3 is 2.31 bits per heavy atom. The van der Waals surface area contributed by atoms with Gasteiger partial charge in [-0.2, -0.15) is 5.10 Å². The monoisotopic (exact) mass is 384 g/mol. The fourth-order valence-electron chi connectivity index (χ4n) is 3.45. The number of rotatable bonds is 4. The smallest absolute Gasteiger partial charge is 0.274 e. The fourth-order valence-corrected chi connectivity index (χ4v) is 3.45. The lowest BCUT2D eigenvalue weighted by atomic mass is 10.1. The lowest BCUT2D eigenvalue weighted by Crippen LogP contribution is -2.17. The van der Waals surface area contributed by atoms with Crippen LogP contribution in [0.2, 0.25) is 0 Å². The zero-order valence-electron chi connectivity index (χ0n) is 17.1. The van der Waals surface area contributed by atoms with Gasteiger partial charge < -0.3 is 9.88 Å². The maximum Gasteiger partial charge on any atom is 0.274 e. The topological polar surface area (TPSA) is 51.9 Å². The molecule has 0 saturated carbocycles. The van der Waals surface area contributed by atoms with Crippen molar-refractivity contribution in [3.8, 4) is 17.1 Å². The maximum absolute atomic E-state index is 13.2. The maximum atomic E-state index is 13.2. The highest BCUT2D eigenvalue weighted by molar-refractivity contribution is 6.04. The van der Waals surface area contributed by atoms with E-state index >= 15 is 0 Å². The Morgan fingerprint density at radius 2 is 1.66 bits per heavy atom. The molecule has 29 heavy (non-hydrogen) atoms. The van der Waals surface area contributed by atoms with Crippen LogP contribution in [0.15, 0.2) is 66.9 Å². The zero-order valence-corrected chi connectivity index (χ0v) is 17.1. The molecular formula is C24H24N4O. The van der Waals surface area contributed by atoms with Gasteiger partial charge in [-0.25, -0.2) is 4.68 Å². The second kappa shape index (κ2) is 7.43. The van der Waals surface area contributed by atoms with Gasteiger partial charge in [0, 0.05) is 18.9 Å². The quantitative estimate of drug-likeness (QED) is 0.535. The molecule has 0 saturated heterocycles. The third-order valence-electron chi connectivity index (χ3n) is 5.04. The normalized spacial score (nSPS) is 10.9. The molecule has 0 aliphatic carbocycles. The van der Waals surface area contributed by atoms with Gasteiger partial charge in [0.05, 0.1) is 11.4 Å². The molecule has 0 bridgehead atoms. The van der Waals surface area contributed by atoms with Crippen molar-refractivity contribution in [2.45, 2.75) is 20.8 Å². The predicted octanol–water partition coefficient (Wildman–Crippen LogP) is 5.06. The fraction of sp³-hybridized carbons (Fsp3) is 0.167. The Balaban J connectivity index is 1.80. The Bertz CT molecular complexity index is 1180. The molecule has 146 valence electrons. The molecule has 0 spiro atoms. The number of anilines is 1. The molecule has 5 nitrogen and oxygen atoms in total. The van der Waals surface area contributed by atoms with Gasteiger partial charge in [0.25, 0.3) is 5.91 Å². The summed E-state index contributed by atoms with van der Waals surface area (Å²) in [6, 6.07) is 19.7. The minimum atomic E-state index is -0.193. The summed E-state index contributed by atoms with van der Waals surface area (Å²) in [5.74, 6) is -0.193. The molecule has 1 N–H and O–H groups in total. The zero-order chi connectivity index (χ0) is 20.5. The molecule has 0 aliphatic rings. The van der Waals surface area contributed by atoms with E-state index in [2.05, 4.69) is 18.3 Å². The van der Waals surface area contributed by atoms with Crippen LogP contribution >= 0.6 is 0 Å². The average molecular weight is 384 g/mol. The van der Waals surface area contributed by atoms with Gasteiger partial charge in [-0.05, 0) is 62.7 Å². The van der Waals surface area contributed by atoms with Crippen LogP contribution in [0.1, 0.15) is 27.2 Å². The van der Waals surface area contributed by atoms with Gasteiger partial charge in [-0.15, -0.1) is 0 Å². The number of carbonyl (C=O) groups is 1. The number of carbonyl (C=O) groups excluding carboxylic acids is 1. The Labute approximate surface area is 170 Å². The van der Waals surface area contributed by atoms with Crippen molar-refractivity contribution in [2.24, 2.45) is 7.05 Å². The number of aromatic nitrogens is 3. The number of nitrogens with one attached hydrogen (secondary N) is 1. The van der Waals surface area contributed by atoms with E-state index in [-0.39, 0.29) is 5.91 Å². The van der Waals surface area contributed by atoms with Crippen molar-refractivity contribution < 1.29 is 4.79 Å². The number of amides is 1. The van der Waals surface area contributed by atoms with Crippen LogP contribution in [0.5, 0.6) is 0 Å². The van der Waals surface area contributed by atoms with E-state index < -0.39 is 0 Å². The first-order valence-corrected chi connectivity index (χ1v) is 9.60. The van der Waals surface area contributed by atoms with Crippen LogP contribution in [0.3, 0.4) is 0 Å². The summed E-state index contributed by atoms with van der Waals surface area (Å²) in [5.41, 5.74) is 7.25. The molecular weight excluding hydrogens is 360 g/mol. The average Bonchev–Trinajstić information content (AvgIpc) is 3.30. The Morgan fingerprint density at radius 1 is 0.931 bits per heavy atom. The van der Waals surface area contributed by atoms with E-state index in [0.29, 0.717) is 5.69 Å². The molecule has 5 heteroatoms. The van der Waals surface area contributed by atoms with Crippen LogP contribution in [0.4, 0.5) is 5.69 Å². The molecule has 2 aromatic carbocycles. The van der Waals surface area contributed by atoms with E-state index in [1.165, 1.54) is 5.56 Å². The van der Waals surface area contributed by atoms with Gasteiger partial charge in [-0.3, -0.25) is 4.79 Å². The van der Waals surface area contributed by atoms with Crippen molar-refractivity contribution in [3.63, 3.8) is 0 Å². The molecule has 4 rings (SSSR count). The second-order valence-corrected chi connectivity index (χ2v) is 7.44. The number of hydrogen-bond acceptors (Lipinski definition) is 2. The van der Waals surface area contributed by atoms with E-state index in [0.717, 1.165) is 33.9 Å². The largest absolute Gasteiger partial charge is 0.349 e. The van der Waals surface area contributed by atoms with Crippen molar-refractivity contribution in [1.29, 1.82) is 0 Å². The number of benzene rings is 2. The van der Waals surface area contributed by atoms with Crippen LogP contribution in [-0.4, -0.2) is 20.3 Å². The lowest BCUT2D eigenvalue weighted by molar-refractivity contribution is 0.101. The van der Waals surface area contributed by atoms with Crippen LogP contribution in [-0.2, 0) is 7.05 Å². The van der Waals surface area contributed by atoms with Gasteiger partial charge in [0.15, 0.2) is 0 Å². The van der Waals surface area contributed by atoms with Gasteiger partial charge >= 0.3 is 0 Å². The highest BCUT2D eigenvalue weighted by Crippen LogP contribution is 2.25. The number of hydrogen-bond donors (Lipinski definition) is 1. The third kappa shape index (κ3) is 3.72. The predicted molar refractivity (Wildman–Crippen MR) is 117 cm³/mol. The molecule has 4 aromatic rings. The van der Waals surface area contributed by atoms with Crippen molar-refractivity contribution in [3.05, 3.63) is 89.2 Å². The minimum absolute atomic E-state index is 0.193. The standard InChI is InChI=1S/C24H24N4O/c1-16-7-10-19(11-8-16)25-24(29)23-15-20(22-6-5-13-27(22)4)26-28(23)21-12-9-17(2)14-18(21)3/h5-15H,1-4H3,(H,25,29). The summed E-state index contributed by atoms with van der Waals surface area (Å²) in [4.78, 5) is 13.2. The SMILES string of the molecule is Cc1ccc(NC(=O)c2cc(-c3cccn3C)nn2-c2ccc(C)cc2C)cc1. The van der Waals surface area contributed by atoms with Gasteiger partial charge in [0.2, 0.25) is 0 Å². The van der Waals surface area contributed by atoms with Crippen LogP contribution < -0.4 is 5.32 Å². The van der Waals surface area contributed by atoms with Crippen molar-refractivity contribution in [2.75, 3.05) is 5.32 Å². The van der Waals surface area contributed by atoms with Crippen LogP contribution in [0.25, 0.3) is 17.1 Å².